The lowest BCUT2D eigenvalue weighted by Crippen LogP contribution is -2.41. The summed E-state index contributed by atoms with van der Waals surface area (Å²) in [6.45, 7) is 5.66. The molecular weight excluding hydrogens is 182 g/mol. The van der Waals surface area contributed by atoms with Crippen molar-refractivity contribution in [2.24, 2.45) is 0 Å². The van der Waals surface area contributed by atoms with Crippen LogP contribution in [-0.2, 0) is 6.42 Å². The van der Waals surface area contributed by atoms with Gasteiger partial charge in [0.25, 0.3) is 0 Å². The topological polar surface area (TPSA) is 12.0 Å². The Labute approximate surface area is 92.9 Å². The lowest BCUT2D eigenvalue weighted by atomic mass is 9.86. The molecule has 1 aromatic carbocycles. The minimum atomic E-state index is 0.383. The van der Waals surface area contributed by atoms with Crippen LogP contribution in [0, 0.1) is 6.92 Å². The van der Waals surface area contributed by atoms with Gasteiger partial charge in [0, 0.05) is 5.54 Å². The zero-order valence-electron chi connectivity index (χ0n) is 9.84. The molecule has 1 N–H and O–H groups in total. The predicted molar refractivity (Wildman–Crippen MR) is 65.1 cm³/mol. The van der Waals surface area contributed by atoms with E-state index in [1.807, 2.05) is 0 Å². The SMILES string of the molecule is CCC1(Cc2cccc(C)c2)CCCN1. The quantitative estimate of drug-likeness (QED) is 0.796. The Kier molecular flexibility index (Phi) is 3.11. The second-order valence-electron chi connectivity index (χ2n) is 4.83. The Bertz CT molecular complexity index is 324. The number of aryl methyl sites for hydroxylation is 1. The number of hydrogen-bond donors (Lipinski definition) is 1. The van der Waals surface area contributed by atoms with Crippen molar-refractivity contribution in [3.05, 3.63) is 35.4 Å². The Morgan fingerprint density at radius 3 is 2.87 bits per heavy atom. The van der Waals surface area contributed by atoms with Gasteiger partial charge < -0.3 is 5.32 Å². The Morgan fingerprint density at radius 1 is 1.40 bits per heavy atom. The maximum atomic E-state index is 3.69. The van der Waals surface area contributed by atoms with Crippen LogP contribution in [0.15, 0.2) is 24.3 Å². The maximum absolute atomic E-state index is 3.69. The van der Waals surface area contributed by atoms with Crippen molar-refractivity contribution >= 4 is 0 Å². The highest BCUT2D eigenvalue weighted by atomic mass is 15.0. The normalized spacial score (nSPS) is 25.7. The molecule has 1 atom stereocenters. The third-order valence-corrected chi connectivity index (χ3v) is 3.63. The summed E-state index contributed by atoms with van der Waals surface area (Å²) in [5.74, 6) is 0. The lowest BCUT2D eigenvalue weighted by Gasteiger charge is -2.28. The van der Waals surface area contributed by atoms with Crippen molar-refractivity contribution in [2.75, 3.05) is 6.54 Å². The average molecular weight is 203 g/mol. The van der Waals surface area contributed by atoms with Crippen molar-refractivity contribution < 1.29 is 0 Å². The second kappa shape index (κ2) is 4.36. The fourth-order valence-corrected chi connectivity index (χ4v) is 2.66. The van der Waals surface area contributed by atoms with Gasteiger partial charge >= 0.3 is 0 Å². The van der Waals surface area contributed by atoms with E-state index < -0.39 is 0 Å². The molecule has 0 spiro atoms. The van der Waals surface area contributed by atoms with Crippen molar-refractivity contribution in [3.63, 3.8) is 0 Å². The van der Waals surface area contributed by atoms with Crippen molar-refractivity contribution in [1.82, 2.24) is 5.32 Å². The summed E-state index contributed by atoms with van der Waals surface area (Å²) in [6, 6.07) is 8.91. The second-order valence-corrected chi connectivity index (χ2v) is 4.83. The molecule has 1 heteroatoms. The standard InChI is InChI=1S/C14H21N/c1-3-14(8-5-9-15-14)11-13-7-4-6-12(2)10-13/h4,6-7,10,15H,3,5,8-9,11H2,1-2H3. The summed E-state index contributed by atoms with van der Waals surface area (Å²) in [5.41, 5.74) is 3.23. The summed E-state index contributed by atoms with van der Waals surface area (Å²) in [4.78, 5) is 0. The average Bonchev–Trinajstić information content (AvgIpc) is 2.67. The van der Waals surface area contributed by atoms with Crippen LogP contribution < -0.4 is 5.32 Å². The Hall–Kier alpha value is -0.820. The maximum Gasteiger partial charge on any atom is 0.0219 e. The molecule has 0 radical (unpaired) electrons. The third-order valence-electron chi connectivity index (χ3n) is 3.63. The molecule has 1 heterocycles. The van der Waals surface area contributed by atoms with E-state index in [1.165, 1.54) is 43.4 Å². The first-order valence-electron chi connectivity index (χ1n) is 6.05. The highest BCUT2D eigenvalue weighted by Gasteiger charge is 2.31. The van der Waals surface area contributed by atoms with E-state index >= 15 is 0 Å². The summed E-state index contributed by atoms with van der Waals surface area (Å²) in [5, 5.41) is 3.69. The van der Waals surface area contributed by atoms with Crippen molar-refractivity contribution in [2.45, 2.75) is 45.1 Å². The molecule has 0 aromatic heterocycles. The van der Waals surface area contributed by atoms with E-state index in [-0.39, 0.29) is 0 Å². The molecule has 0 saturated carbocycles. The van der Waals surface area contributed by atoms with Gasteiger partial charge in [-0.15, -0.1) is 0 Å². The molecule has 82 valence electrons. The first-order chi connectivity index (χ1) is 7.24. The molecule has 2 rings (SSSR count). The summed E-state index contributed by atoms with van der Waals surface area (Å²) in [6.07, 6.45) is 5.09. The zero-order valence-corrected chi connectivity index (χ0v) is 9.84. The predicted octanol–water partition coefficient (Wildman–Crippen LogP) is 3.07. The molecule has 1 fully saturated rings. The van der Waals surface area contributed by atoms with Gasteiger partial charge in [-0.3, -0.25) is 0 Å². The largest absolute Gasteiger partial charge is 0.311 e. The first-order valence-corrected chi connectivity index (χ1v) is 6.05. The number of nitrogens with one attached hydrogen (secondary N) is 1. The Morgan fingerprint density at radius 2 is 2.27 bits per heavy atom. The van der Waals surface area contributed by atoms with Crippen LogP contribution in [0.4, 0.5) is 0 Å². The molecule has 1 aromatic rings. The van der Waals surface area contributed by atoms with Gasteiger partial charge in [0.1, 0.15) is 0 Å². The minimum Gasteiger partial charge on any atom is -0.311 e. The molecule has 1 unspecified atom stereocenters. The molecular formula is C14H21N. The fraction of sp³-hybridized carbons (Fsp3) is 0.571. The van der Waals surface area contributed by atoms with E-state index in [0.29, 0.717) is 5.54 Å². The lowest BCUT2D eigenvalue weighted by molar-refractivity contribution is 0.360. The van der Waals surface area contributed by atoms with Crippen molar-refractivity contribution in [1.29, 1.82) is 0 Å². The van der Waals surface area contributed by atoms with Gasteiger partial charge in [-0.05, 0) is 44.7 Å². The van der Waals surface area contributed by atoms with Crippen molar-refractivity contribution in [3.8, 4) is 0 Å². The molecule has 1 saturated heterocycles. The Balaban J connectivity index is 2.12. The number of rotatable bonds is 3. The van der Waals surface area contributed by atoms with Crippen LogP contribution in [0.2, 0.25) is 0 Å². The molecule has 1 aliphatic rings. The van der Waals surface area contributed by atoms with Crippen LogP contribution in [-0.4, -0.2) is 12.1 Å². The van der Waals surface area contributed by atoms with Gasteiger partial charge in [-0.25, -0.2) is 0 Å². The van der Waals surface area contributed by atoms with Gasteiger partial charge in [0.2, 0.25) is 0 Å². The smallest absolute Gasteiger partial charge is 0.0219 e. The molecule has 15 heavy (non-hydrogen) atoms. The molecule has 1 nitrogen and oxygen atoms in total. The van der Waals surface area contributed by atoms with Crippen LogP contribution in [0.1, 0.15) is 37.3 Å². The zero-order chi connectivity index (χ0) is 10.7. The molecule has 0 aliphatic carbocycles. The van der Waals surface area contributed by atoms with Crippen LogP contribution in [0.25, 0.3) is 0 Å². The highest BCUT2D eigenvalue weighted by molar-refractivity contribution is 5.24. The van der Waals surface area contributed by atoms with E-state index in [1.54, 1.807) is 0 Å². The van der Waals surface area contributed by atoms with E-state index in [2.05, 4.69) is 43.4 Å². The van der Waals surface area contributed by atoms with Gasteiger partial charge in [0.05, 0.1) is 0 Å². The monoisotopic (exact) mass is 203 g/mol. The molecule has 0 amide bonds. The minimum absolute atomic E-state index is 0.383. The fourth-order valence-electron chi connectivity index (χ4n) is 2.66. The van der Waals surface area contributed by atoms with E-state index in [4.69, 9.17) is 0 Å². The molecule has 1 aliphatic heterocycles. The van der Waals surface area contributed by atoms with Crippen LogP contribution >= 0.6 is 0 Å². The molecule has 0 bridgehead atoms. The number of benzene rings is 1. The highest BCUT2D eigenvalue weighted by Crippen LogP contribution is 2.27. The van der Waals surface area contributed by atoms with Gasteiger partial charge in [0.15, 0.2) is 0 Å². The van der Waals surface area contributed by atoms with Gasteiger partial charge in [-0.1, -0.05) is 36.8 Å². The number of hydrogen-bond acceptors (Lipinski definition) is 1. The van der Waals surface area contributed by atoms with Crippen LogP contribution in [0.3, 0.4) is 0 Å². The third kappa shape index (κ3) is 2.40. The van der Waals surface area contributed by atoms with E-state index in [0.717, 1.165) is 0 Å². The summed E-state index contributed by atoms with van der Waals surface area (Å²) >= 11 is 0. The van der Waals surface area contributed by atoms with E-state index in [9.17, 15) is 0 Å². The summed E-state index contributed by atoms with van der Waals surface area (Å²) < 4.78 is 0. The summed E-state index contributed by atoms with van der Waals surface area (Å²) in [7, 11) is 0. The van der Waals surface area contributed by atoms with Crippen LogP contribution in [0.5, 0.6) is 0 Å². The van der Waals surface area contributed by atoms with Gasteiger partial charge in [-0.2, -0.15) is 0 Å². The first kappa shape index (κ1) is 10.7.